The summed E-state index contributed by atoms with van der Waals surface area (Å²) in [6.07, 6.45) is 3.74. The highest BCUT2D eigenvalue weighted by atomic mass is 35.5. The van der Waals surface area contributed by atoms with Crippen molar-refractivity contribution in [1.82, 2.24) is 14.8 Å². The van der Waals surface area contributed by atoms with Gasteiger partial charge in [0.15, 0.2) is 0 Å². The monoisotopic (exact) mass is 317 g/mol. The van der Waals surface area contributed by atoms with Crippen molar-refractivity contribution in [2.24, 2.45) is 0 Å². The summed E-state index contributed by atoms with van der Waals surface area (Å²) in [6.45, 7) is 1.58. The Hall–Kier alpha value is -1.65. The number of benzene rings is 1. The molecule has 1 aromatic carbocycles. The second-order valence-electron chi connectivity index (χ2n) is 5.96. The molecule has 0 saturated carbocycles. The minimum Gasteiger partial charge on any atom is -0.347 e. The number of carbonyl (C=O) groups excluding carboxylic acids is 1. The fourth-order valence-electron chi connectivity index (χ4n) is 3.13. The van der Waals surface area contributed by atoms with Crippen molar-refractivity contribution in [3.8, 4) is 0 Å². The molecule has 0 radical (unpaired) electrons. The number of halogens is 1. The number of aromatic nitrogens is 1. The topological polar surface area (TPSA) is 36.4 Å². The molecule has 0 N–H and O–H groups in total. The van der Waals surface area contributed by atoms with Gasteiger partial charge in [0.2, 0.25) is 5.91 Å². The van der Waals surface area contributed by atoms with E-state index in [1.165, 1.54) is 0 Å². The lowest BCUT2D eigenvalue weighted by molar-refractivity contribution is -0.133. The maximum Gasteiger partial charge on any atom is 0.239 e. The van der Waals surface area contributed by atoms with Gasteiger partial charge < -0.3 is 4.90 Å². The molecule has 1 unspecified atom stereocenters. The SMILES string of the molecule is CN(C)C(=O)C1CCCN1Cc1c(Cl)ccc2cccnc12. The minimum absolute atomic E-state index is 0.0509. The van der Waals surface area contributed by atoms with Crippen LogP contribution in [-0.4, -0.2) is 47.4 Å². The van der Waals surface area contributed by atoms with E-state index in [1.807, 2.05) is 38.4 Å². The highest BCUT2D eigenvalue weighted by molar-refractivity contribution is 6.32. The van der Waals surface area contributed by atoms with E-state index in [2.05, 4.69) is 9.88 Å². The van der Waals surface area contributed by atoms with Crippen molar-refractivity contribution in [3.05, 3.63) is 41.0 Å². The Bertz CT molecular complexity index is 701. The Morgan fingerprint density at radius 2 is 2.23 bits per heavy atom. The Morgan fingerprint density at radius 1 is 1.41 bits per heavy atom. The summed E-state index contributed by atoms with van der Waals surface area (Å²) >= 11 is 6.41. The second kappa shape index (κ2) is 6.23. The van der Waals surface area contributed by atoms with Gasteiger partial charge in [0.05, 0.1) is 11.6 Å². The second-order valence-corrected chi connectivity index (χ2v) is 6.37. The van der Waals surface area contributed by atoms with Gasteiger partial charge in [-0.15, -0.1) is 0 Å². The lowest BCUT2D eigenvalue weighted by Crippen LogP contribution is -2.42. The van der Waals surface area contributed by atoms with E-state index in [0.717, 1.165) is 35.9 Å². The zero-order valence-electron chi connectivity index (χ0n) is 12.9. The molecule has 2 aromatic rings. The number of likely N-dealkylation sites (tertiary alicyclic amines) is 1. The number of carbonyl (C=O) groups is 1. The van der Waals surface area contributed by atoms with Crippen LogP contribution in [0.2, 0.25) is 5.02 Å². The van der Waals surface area contributed by atoms with Gasteiger partial charge in [0.1, 0.15) is 0 Å². The lowest BCUT2D eigenvalue weighted by Gasteiger charge is -2.26. The van der Waals surface area contributed by atoms with Gasteiger partial charge in [-0.3, -0.25) is 14.7 Å². The van der Waals surface area contributed by atoms with E-state index >= 15 is 0 Å². The highest BCUT2D eigenvalue weighted by Crippen LogP contribution is 2.29. The molecule has 3 rings (SSSR count). The molecule has 0 bridgehead atoms. The lowest BCUT2D eigenvalue weighted by atomic mass is 10.1. The molecular weight excluding hydrogens is 298 g/mol. The molecule has 22 heavy (non-hydrogen) atoms. The molecule has 0 spiro atoms. The Morgan fingerprint density at radius 3 is 3.00 bits per heavy atom. The molecule has 1 atom stereocenters. The molecule has 1 aliphatic rings. The van der Waals surface area contributed by atoms with Crippen LogP contribution in [0.15, 0.2) is 30.5 Å². The molecule has 1 saturated heterocycles. The Kier molecular flexibility index (Phi) is 4.32. The molecule has 0 aliphatic carbocycles. The number of nitrogens with zero attached hydrogens (tertiary/aromatic N) is 3. The van der Waals surface area contributed by atoms with E-state index < -0.39 is 0 Å². The fourth-order valence-corrected chi connectivity index (χ4v) is 3.34. The highest BCUT2D eigenvalue weighted by Gasteiger charge is 2.32. The molecule has 1 aromatic heterocycles. The summed E-state index contributed by atoms with van der Waals surface area (Å²) in [5.41, 5.74) is 1.94. The third-order valence-corrected chi connectivity index (χ3v) is 4.63. The Labute approximate surface area is 135 Å². The first-order chi connectivity index (χ1) is 10.6. The van der Waals surface area contributed by atoms with E-state index in [4.69, 9.17) is 11.6 Å². The first-order valence-corrected chi connectivity index (χ1v) is 7.93. The summed E-state index contributed by atoms with van der Waals surface area (Å²) in [5, 5.41) is 1.80. The number of hydrogen-bond donors (Lipinski definition) is 0. The predicted octanol–water partition coefficient (Wildman–Crippen LogP) is 2.94. The van der Waals surface area contributed by atoms with Gasteiger partial charge in [0.25, 0.3) is 0 Å². The molecular formula is C17H20ClN3O. The number of likely N-dealkylation sites (N-methyl/N-ethyl adjacent to an activating group) is 1. The van der Waals surface area contributed by atoms with Crippen molar-refractivity contribution in [2.75, 3.05) is 20.6 Å². The van der Waals surface area contributed by atoms with Crippen molar-refractivity contribution in [1.29, 1.82) is 0 Å². The van der Waals surface area contributed by atoms with Crippen LogP contribution in [0, 0.1) is 0 Å². The average molecular weight is 318 g/mol. The van der Waals surface area contributed by atoms with Gasteiger partial charge in [-0.05, 0) is 31.5 Å². The molecule has 1 amide bonds. The molecule has 4 nitrogen and oxygen atoms in total. The number of amides is 1. The van der Waals surface area contributed by atoms with Crippen LogP contribution in [0.25, 0.3) is 10.9 Å². The molecule has 2 heterocycles. The standard InChI is InChI=1S/C17H20ClN3O/c1-20(2)17(22)15-6-4-10-21(15)11-13-14(18)8-7-12-5-3-9-19-16(12)13/h3,5,7-9,15H,4,6,10-11H2,1-2H3. The summed E-state index contributed by atoms with van der Waals surface area (Å²) < 4.78 is 0. The van der Waals surface area contributed by atoms with Crippen LogP contribution in [0.3, 0.4) is 0 Å². The summed E-state index contributed by atoms with van der Waals surface area (Å²) in [7, 11) is 3.62. The van der Waals surface area contributed by atoms with Crippen molar-refractivity contribution in [3.63, 3.8) is 0 Å². The van der Waals surface area contributed by atoms with Gasteiger partial charge in [0, 0.05) is 42.8 Å². The summed E-state index contributed by atoms with van der Waals surface area (Å²) in [5.74, 6) is 0.168. The Balaban J connectivity index is 1.92. The zero-order valence-corrected chi connectivity index (χ0v) is 13.7. The molecule has 5 heteroatoms. The van der Waals surface area contributed by atoms with E-state index in [0.29, 0.717) is 11.6 Å². The van der Waals surface area contributed by atoms with Gasteiger partial charge in [-0.1, -0.05) is 23.7 Å². The van der Waals surface area contributed by atoms with E-state index in [1.54, 1.807) is 11.1 Å². The third kappa shape index (κ3) is 2.81. The number of rotatable bonds is 3. The number of hydrogen-bond acceptors (Lipinski definition) is 3. The van der Waals surface area contributed by atoms with E-state index in [9.17, 15) is 4.79 Å². The minimum atomic E-state index is -0.0509. The van der Waals surface area contributed by atoms with E-state index in [-0.39, 0.29) is 11.9 Å². The molecule has 1 fully saturated rings. The predicted molar refractivity (Wildman–Crippen MR) is 88.9 cm³/mol. The van der Waals surface area contributed by atoms with Crippen LogP contribution in [-0.2, 0) is 11.3 Å². The van der Waals surface area contributed by atoms with Crippen molar-refractivity contribution >= 4 is 28.4 Å². The number of pyridine rings is 1. The van der Waals surface area contributed by atoms with Gasteiger partial charge in [-0.2, -0.15) is 0 Å². The molecule has 1 aliphatic heterocycles. The number of fused-ring (bicyclic) bond motifs is 1. The smallest absolute Gasteiger partial charge is 0.239 e. The third-order valence-electron chi connectivity index (χ3n) is 4.27. The maximum atomic E-state index is 12.3. The molecule has 116 valence electrons. The van der Waals surface area contributed by atoms with Crippen molar-refractivity contribution in [2.45, 2.75) is 25.4 Å². The first kappa shape index (κ1) is 15.3. The van der Waals surface area contributed by atoms with Gasteiger partial charge in [-0.25, -0.2) is 0 Å². The van der Waals surface area contributed by atoms with Gasteiger partial charge >= 0.3 is 0 Å². The van der Waals surface area contributed by atoms with Crippen molar-refractivity contribution < 1.29 is 4.79 Å². The fraction of sp³-hybridized carbons (Fsp3) is 0.412. The van der Waals surface area contributed by atoms with Crippen LogP contribution in [0.4, 0.5) is 0 Å². The first-order valence-electron chi connectivity index (χ1n) is 7.55. The normalized spacial score (nSPS) is 18.8. The quantitative estimate of drug-likeness (QED) is 0.873. The maximum absolute atomic E-state index is 12.3. The summed E-state index contributed by atoms with van der Waals surface area (Å²) in [4.78, 5) is 20.7. The summed E-state index contributed by atoms with van der Waals surface area (Å²) in [6, 6.07) is 7.81. The largest absolute Gasteiger partial charge is 0.347 e. The van der Waals surface area contributed by atoms with Crippen LogP contribution >= 0.6 is 11.6 Å². The van der Waals surface area contributed by atoms with Crippen LogP contribution in [0.5, 0.6) is 0 Å². The zero-order chi connectivity index (χ0) is 15.7. The van der Waals surface area contributed by atoms with Crippen LogP contribution < -0.4 is 0 Å². The van der Waals surface area contributed by atoms with Crippen LogP contribution in [0.1, 0.15) is 18.4 Å². The average Bonchev–Trinajstić information content (AvgIpc) is 2.97.